The van der Waals surface area contributed by atoms with Gasteiger partial charge in [-0.1, -0.05) is 0 Å². The predicted octanol–water partition coefficient (Wildman–Crippen LogP) is 0.957. The highest BCUT2D eigenvalue weighted by Gasteiger charge is 2.18. The average molecular weight is 272 g/mol. The second kappa shape index (κ2) is 4.30. The molecule has 0 aliphatic carbocycles. The van der Waals surface area contributed by atoms with Crippen LogP contribution in [0.25, 0.3) is 5.69 Å². The molecule has 0 saturated heterocycles. The minimum atomic E-state index is -1.52. The van der Waals surface area contributed by atoms with E-state index < -0.39 is 40.3 Å². The molecule has 1 aromatic carbocycles. The lowest BCUT2D eigenvalue weighted by Gasteiger charge is -2.10. The molecule has 0 saturated carbocycles. The fourth-order valence-corrected chi connectivity index (χ4v) is 1.54. The van der Waals surface area contributed by atoms with Gasteiger partial charge in [0.25, 0.3) is 5.56 Å². The van der Waals surface area contributed by atoms with Crippen LogP contribution in [-0.2, 0) is 0 Å². The SMILES string of the molecule is Cc1c(O)n(-c2cc(F)cc(F)c2F)c(=O)[nH]c1=O. The van der Waals surface area contributed by atoms with Crippen LogP contribution in [0.15, 0.2) is 21.7 Å². The van der Waals surface area contributed by atoms with Crippen LogP contribution in [0.1, 0.15) is 5.56 Å². The van der Waals surface area contributed by atoms with Gasteiger partial charge in [-0.2, -0.15) is 0 Å². The maximum absolute atomic E-state index is 13.6. The highest BCUT2D eigenvalue weighted by molar-refractivity contribution is 5.39. The van der Waals surface area contributed by atoms with Gasteiger partial charge in [0.1, 0.15) is 5.82 Å². The van der Waals surface area contributed by atoms with E-state index in [1.165, 1.54) is 0 Å². The Morgan fingerprint density at radius 3 is 2.47 bits per heavy atom. The van der Waals surface area contributed by atoms with E-state index in [1.54, 1.807) is 4.98 Å². The van der Waals surface area contributed by atoms with E-state index in [4.69, 9.17) is 0 Å². The lowest BCUT2D eigenvalue weighted by molar-refractivity contribution is 0.418. The molecular formula is C11H7F3N2O3. The Hall–Kier alpha value is -2.51. The highest BCUT2D eigenvalue weighted by atomic mass is 19.2. The number of aromatic nitrogens is 2. The van der Waals surface area contributed by atoms with Crippen molar-refractivity contribution in [2.24, 2.45) is 0 Å². The standard InChI is InChI=1S/C11H7F3N2O3/c1-4-9(17)15-11(19)16(10(4)18)7-3-5(12)2-6(13)8(7)14/h2-3,18H,1H3,(H,15,17,19). The average Bonchev–Trinajstić information content (AvgIpc) is 2.32. The van der Waals surface area contributed by atoms with Crippen LogP contribution < -0.4 is 11.2 Å². The second-order valence-corrected chi connectivity index (χ2v) is 3.76. The molecule has 8 heteroatoms. The Labute approximate surface area is 103 Å². The van der Waals surface area contributed by atoms with Crippen molar-refractivity contribution >= 4 is 0 Å². The van der Waals surface area contributed by atoms with Crippen molar-refractivity contribution in [1.29, 1.82) is 0 Å². The lowest BCUT2D eigenvalue weighted by Crippen LogP contribution is -2.31. The summed E-state index contributed by atoms with van der Waals surface area (Å²) in [4.78, 5) is 24.5. The van der Waals surface area contributed by atoms with Gasteiger partial charge in [0.05, 0.1) is 11.3 Å². The normalized spacial score (nSPS) is 10.7. The molecule has 0 amide bonds. The van der Waals surface area contributed by atoms with Crippen molar-refractivity contribution in [3.05, 3.63) is 56.0 Å². The van der Waals surface area contributed by atoms with Crippen LogP contribution in [0.5, 0.6) is 5.88 Å². The molecule has 0 bridgehead atoms. The van der Waals surface area contributed by atoms with Crippen molar-refractivity contribution in [2.45, 2.75) is 6.92 Å². The zero-order valence-electron chi connectivity index (χ0n) is 9.50. The number of H-pyrrole nitrogens is 1. The number of aromatic hydroxyl groups is 1. The van der Waals surface area contributed by atoms with Crippen LogP contribution in [0.2, 0.25) is 0 Å². The maximum Gasteiger partial charge on any atom is 0.335 e. The summed E-state index contributed by atoms with van der Waals surface area (Å²) in [5.74, 6) is -5.07. The van der Waals surface area contributed by atoms with Gasteiger partial charge < -0.3 is 5.11 Å². The van der Waals surface area contributed by atoms with Gasteiger partial charge >= 0.3 is 5.69 Å². The van der Waals surface area contributed by atoms with Gasteiger partial charge in [0.15, 0.2) is 11.6 Å². The van der Waals surface area contributed by atoms with Gasteiger partial charge in [0, 0.05) is 12.1 Å². The van der Waals surface area contributed by atoms with E-state index in [-0.39, 0.29) is 10.1 Å². The largest absolute Gasteiger partial charge is 0.494 e. The van der Waals surface area contributed by atoms with Gasteiger partial charge in [-0.25, -0.2) is 22.5 Å². The summed E-state index contributed by atoms with van der Waals surface area (Å²) in [5.41, 5.74) is -3.21. The molecule has 5 nitrogen and oxygen atoms in total. The first-order valence-corrected chi connectivity index (χ1v) is 5.02. The summed E-state index contributed by atoms with van der Waals surface area (Å²) in [7, 11) is 0. The third kappa shape index (κ3) is 2.01. The number of aromatic amines is 1. The maximum atomic E-state index is 13.6. The molecule has 1 aromatic heterocycles. The van der Waals surface area contributed by atoms with Crippen molar-refractivity contribution in [3.8, 4) is 11.6 Å². The van der Waals surface area contributed by atoms with Crippen LogP contribution in [0, 0.1) is 24.4 Å². The summed E-state index contributed by atoms with van der Waals surface area (Å²) >= 11 is 0. The second-order valence-electron chi connectivity index (χ2n) is 3.76. The number of benzene rings is 1. The van der Waals surface area contributed by atoms with Crippen molar-refractivity contribution in [3.63, 3.8) is 0 Å². The summed E-state index contributed by atoms with van der Waals surface area (Å²) in [6.07, 6.45) is 0. The third-order valence-electron chi connectivity index (χ3n) is 2.53. The van der Waals surface area contributed by atoms with Crippen molar-refractivity contribution in [2.75, 3.05) is 0 Å². The molecule has 0 aliphatic heterocycles. The van der Waals surface area contributed by atoms with E-state index >= 15 is 0 Å². The topological polar surface area (TPSA) is 75.1 Å². The zero-order chi connectivity index (χ0) is 14.3. The first-order chi connectivity index (χ1) is 8.82. The molecule has 2 aromatic rings. The van der Waals surface area contributed by atoms with E-state index in [0.29, 0.717) is 12.1 Å². The molecule has 0 spiro atoms. The van der Waals surface area contributed by atoms with E-state index in [0.717, 1.165) is 6.92 Å². The number of hydrogen-bond acceptors (Lipinski definition) is 3. The number of nitrogens with zero attached hydrogens (tertiary/aromatic N) is 1. The summed E-state index contributed by atoms with van der Waals surface area (Å²) in [5, 5.41) is 9.65. The third-order valence-corrected chi connectivity index (χ3v) is 2.53. The smallest absolute Gasteiger partial charge is 0.335 e. The Kier molecular flexibility index (Phi) is 2.93. The minimum absolute atomic E-state index is 0.276. The van der Waals surface area contributed by atoms with E-state index in [9.17, 15) is 27.9 Å². The highest BCUT2D eigenvalue weighted by Crippen LogP contribution is 2.21. The quantitative estimate of drug-likeness (QED) is 0.759. The Morgan fingerprint density at radius 2 is 1.84 bits per heavy atom. The van der Waals surface area contributed by atoms with Gasteiger partial charge in [-0.3, -0.25) is 9.78 Å². The lowest BCUT2D eigenvalue weighted by atomic mass is 10.2. The number of rotatable bonds is 1. The Balaban J connectivity index is 2.92. The van der Waals surface area contributed by atoms with Gasteiger partial charge in [-0.15, -0.1) is 0 Å². The van der Waals surface area contributed by atoms with Crippen LogP contribution >= 0.6 is 0 Å². The van der Waals surface area contributed by atoms with Crippen LogP contribution in [-0.4, -0.2) is 14.7 Å². The van der Waals surface area contributed by atoms with Crippen molar-refractivity contribution < 1.29 is 18.3 Å². The Bertz CT molecular complexity index is 780. The summed E-state index contributed by atoms with van der Waals surface area (Å²) in [6, 6.07) is 0.816. The molecule has 0 radical (unpaired) electrons. The summed E-state index contributed by atoms with van der Waals surface area (Å²) < 4.78 is 40.0. The van der Waals surface area contributed by atoms with Crippen molar-refractivity contribution in [1.82, 2.24) is 9.55 Å². The molecule has 19 heavy (non-hydrogen) atoms. The Morgan fingerprint density at radius 1 is 1.21 bits per heavy atom. The molecule has 1 heterocycles. The van der Waals surface area contributed by atoms with Gasteiger partial charge in [-0.05, 0) is 6.92 Å². The fourth-order valence-electron chi connectivity index (χ4n) is 1.54. The molecule has 0 aliphatic rings. The molecule has 0 unspecified atom stereocenters. The van der Waals surface area contributed by atoms with Crippen LogP contribution in [0.4, 0.5) is 13.2 Å². The minimum Gasteiger partial charge on any atom is -0.494 e. The number of hydrogen-bond donors (Lipinski definition) is 2. The first kappa shape index (κ1) is 12.9. The summed E-state index contributed by atoms with van der Waals surface area (Å²) in [6.45, 7) is 1.16. The van der Waals surface area contributed by atoms with E-state index in [2.05, 4.69) is 0 Å². The fraction of sp³-hybridized carbons (Fsp3) is 0.0909. The number of nitrogens with one attached hydrogen (secondary N) is 1. The molecule has 100 valence electrons. The molecular weight excluding hydrogens is 265 g/mol. The van der Waals surface area contributed by atoms with Gasteiger partial charge in [0.2, 0.25) is 5.88 Å². The molecule has 2 N–H and O–H groups in total. The molecule has 0 atom stereocenters. The van der Waals surface area contributed by atoms with E-state index in [1.807, 2.05) is 0 Å². The predicted molar refractivity (Wildman–Crippen MR) is 58.9 cm³/mol. The monoisotopic (exact) mass is 272 g/mol. The first-order valence-electron chi connectivity index (χ1n) is 5.02. The van der Waals surface area contributed by atoms with Crippen LogP contribution in [0.3, 0.4) is 0 Å². The molecule has 2 rings (SSSR count). The molecule has 0 fully saturated rings. The number of halogens is 3. The zero-order valence-corrected chi connectivity index (χ0v) is 9.50.